The van der Waals surface area contributed by atoms with Crippen LogP contribution in [-0.2, 0) is 0 Å². The van der Waals surface area contributed by atoms with Gasteiger partial charge in [-0.15, -0.1) is 11.8 Å². The molecule has 0 amide bonds. The zero-order valence-corrected chi connectivity index (χ0v) is 9.18. The van der Waals surface area contributed by atoms with Crippen LogP contribution in [0.2, 0.25) is 0 Å². The third kappa shape index (κ3) is 3.62. The van der Waals surface area contributed by atoms with Crippen LogP contribution in [0.4, 0.5) is 0 Å². The van der Waals surface area contributed by atoms with Crippen LogP contribution >= 0.6 is 27.7 Å². The summed E-state index contributed by atoms with van der Waals surface area (Å²) in [6, 6.07) is 5.76. The minimum atomic E-state index is 0.767. The van der Waals surface area contributed by atoms with Crippen LogP contribution in [0.25, 0.3) is 0 Å². The Hall–Kier alpha value is -0.790. The average molecular weight is 255 g/mol. The van der Waals surface area contributed by atoms with Crippen LogP contribution < -0.4 is 0 Å². The topological polar surface area (TPSA) is 36.7 Å². The van der Waals surface area contributed by atoms with Crippen molar-refractivity contribution >= 4 is 27.7 Å². The van der Waals surface area contributed by atoms with Crippen molar-refractivity contribution in [3.8, 4) is 6.07 Å². The number of nitriles is 1. The molecule has 66 valence electrons. The molecule has 0 unspecified atom stereocenters. The molecule has 0 bridgehead atoms. The summed E-state index contributed by atoms with van der Waals surface area (Å²) in [5, 5.41) is 9.20. The Morgan fingerprint density at radius 2 is 2.54 bits per heavy atom. The third-order valence-corrected chi connectivity index (χ3v) is 3.09. The molecule has 1 rings (SSSR count). The monoisotopic (exact) mass is 254 g/mol. The van der Waals surface area contributed by atoms with E-state index in [-0.39, 0.29) is 0 Å². The fourth-order valence-electron chi connectivity index (χ4n) is 0.705. The molecule has 0 N–H and O–H groups in total. The number of aromatic nitrogens is 1. The van der Waals surface area contributed by atoms with Gasteiger partial charge in [0.05, 0.1) is 6.07 Å². The van der Waals surface area contributed by atoms with Gasteiger partial charge in [0.15, 0.2) is 0 Å². The van der Waals surface area contributed by atoms with Crippen LogP contribution in [0, 0.1) is 11.3 Å². The van der Waals surface area contributed by atoms with Crippen LogP contribution in [-0.4, -0.2) is 10.7 Å². The van der Waals surface area contributed by atoms with Gasteiger partial charge in [-0.3, -0.25) is 0 Å². The molecule has 0 saturated heterocycles. The molecule has 1 aromatic rings. The summed E-state index contributed by atoms with van der Waals surface area (Å²) < 4.78 is 0.991. The van der Waals surface area contributed by atoms with Gasteiger partial charge in [-0.25, -0.2) is 4.98 Å². The molecule has 0 atom stereocenters. The largest absolute Gasteiger partial charge is 0.249 e. The molecule has 4 heteroatoms. The van der Waals surface area contributed by atoms with Crippen LogP contribution in [0.1, 0.15) is 0 Å². The highest BCUT2D eigenvalue weighted by molar-refractivity contribution is 9.10. The second-order valence-electron chi connectivity index (χ2n) is 2.13. The summed E-state index contributed by atoms with van der Waals surface area (Å²) in [4.78, 5) is 4.18. The molecular weight excluding hydrogens is 248 g/mol. The minimum absolute atomic E-state index is 0.767. The Kier molecular flexibility index (Phi) is 4.58. The number of nitrogens with zero attached hydrogens (tertiary/aromatic N) is 2. The molecule has 1 heterocycles. The Balaban J connectivity index is 2.51. The van der Waals surface area contributed by atoms with Crippen molar-refractivity contribution < 1.29 is 0 Å². The first-order valence-electron chi connectivity index (χ1n) is 3.62. The van der Waals surface area contributed by atoms with Crippen LogP contribution in [0.3, 0.4) is 0 Å². The van der Waals surface area contributed by atoms with Gasteiger partial charge in [0.25, 0.3) is 0 Å². The summed E-state index contributed by atoms with van der Waals surface area (Å²) in [5.74, 6) is 0.767. The van der Waals surface area contributed by atoms with E-state index in [0.717, 1.165) is 15.3 Å². The average Bonchev–Trinajstić information content (AvgIpc) is 2.15. The predicted octanol–water partition coefficient (Wildman–Crippen LogP) is 3.02. The van der Waals surface area contributed by atoms with E-state index >= 15 is 0 Å². The second kappa shape index (κ2) is 5.79. The quantitative estimate of drug-likeness (QED) is 0.615. The smallest absolute Gasteiger partial charge is 0.110 e. The van der Waals surface area contributed by atoms with E-state index < -0.39 is 0 Å². The number of halogens is 1. The molecule has 0 aromatic carbocycles. The molecule has 0 fully saturated rings. The SMILES string of the molecule is N#C/C=C/CSc1ncccc1Br. The fraction of sp³-hybridized carbons (Fsp3) is 0.111. The number of thioether (sulfide) groups is 1. The van der Waals surface area contributed by atoms with Gasteiger partial charge in [-0.05, 0) is 28.1 Å². The summed E-state index contributed by atoms with van der Waals surface area (Å²) in [6.45, 7) is 0. The summed E-state index contributed by atoms with van der Waals surface area (Å²) in [6.07, 6.45) is 5.04. The van der Waals surface area contributed by atoms with Gasteiger partial charge in [0, 0.05) is 22.5 Å². The first kappa shape index (κ1) is 10.3. The number of rotatable bonds is 3. The maximum atomic E-state index is 8.25. The van der Waals surface area contributed by atoms with Crippen LogP contribution in [0.15, 0.2) is 40.0 Å². The zero-order chi connectivity index (χ0) is 9.52. The molecule has 1 aromatic heterocycles. The number of allylic oxidation sites excluding steroid dienone is 1. The van der Waals surface area contributed by atoms with Crippen molar-refractivity contribution in [2.75, 3.05) is 5.75 Å². The molecule has 13 heavy (non-hydrogen) atoms. The second-order valence-corrected chi connectivity index (χ2v) is 4.00. The lowest BCUT2D eigenvalue weighted by Gasteiger charge is -1.98. The standard InChI is InChI=1S/C9H7BrN2S/c10-8-4-3-6-12-9(8)13-7-2-1-5-11/h1-4,6H,7H2/b2-1+. The van der Waals surface area contributed by atoms with E-state index in [4.69, 9.17) is 5.26 Å². The van der Waals surface area contributed by atoms with Crippen molar-refractivity contribution in [3.05, 3.63) is 35.0 Å². The maximum Gasteiger partial charge on any atom is 0.110 e. The van der Waals surface area contributed by atoms with E-state index in [0.29, 0.717) is 0 Å². The Morgan fingerprint density at radius 1 is 1.69 bits per heavy atom. The van der Waals surface area contributed by atoms with E-state index in [1.165, 1.54) is 6.08 Å². The predicted molar refractivity (Wildman–Crippen MR) is 57.4 cm³/mol. The third-order valence-electron chi connectivity index (χ3n) is 1.23. The van der Waals surface area contributed by atoms with Gasteiger partial charge in [0.2, 0.25) is 0 Å². The van der Waals surface area contributed by atoms with Crippen molar-refractivity contribution in [1.82, 2.24) is 4.98 Å². The lowest BCUT2D eigenvalue weighted by atomic mass is 10.5. The Bertz CT molecular complexity index is 344. The molecule has 0 aliphatic heterocycles. The van der Waals surface area contributed by atoms with Crippen molar-refractivity contribution in [2.24, 2.45) is 0 Å². The summed E-state index contributed by atoms with van der Waals surface area (Å²) >= 11 is 4.98. The van der Waals surface area contributed by atoms with Gasteiger partial charge >= 0.3 is 0 Å². The first-order valence-corrected chi connectivity index (χ1v) is 5.40. The first-order chi connectivity index (χ1) is 6.34. The minimum Gasteiger partial charge on any atom is -0.249 e. The fourth-order valence-corrected chi connectivity index (χ4v) is 2.00. The highest BCUT2D eigenvalue weighted by atomic mass is 79.9. The van der Waals surface area contributed by atoms with E-state index in [1.807, 2.05) is 24.3 Å². The number of hydrogen-bond donors (Lipinski definition) is 0. The lowest BCUT2D eigenvalue weighted by molar-refractivity contribution is 1.11. The molecule has 0 spiro atoms. The van der Waals surface area contributed by atoms with E-state index in [2.05, 4.69) is 20.9 Å². The van der Waals surface area contributed by atoms with Gasteiger partial charge < -0.3 is 0 Å². The summed E-state index contributed by atoms with van der Waals surface area (Å²) in [7, 11) is 0. The molecule has 0 aliphatic carbocycles. The van der Waals surface area contributed by atoms with Crippen molar-refractivity contribution in [1.29, 1.82) is 5.26 Å². The van der Waals surface area contributed by atoms with Crippen LogP contribution in [0.5, 0.6) is 0 Å². The molecule has 0 saturated carbocycles. The Morgan fingerprint density at radius 3 is 3.23 bits per heavy atom. The Labute approximate surface area is 89.8 Å². The zero-order valence-electron chi connectivity index (χ0n) is 6.77. The lowest BCUT2D eigenvalue weighted by Crippen LogP contribution is -1.80. The van der Waals surface area contributed by atoms with Crippen molar-refractivity contribution in [2.45, 2.75) is 5.03 Å². The van der Waals surface area contributed by atoms with Crippen molar-refractivity contribution in [3.63, 3.8) is 0 Å². The molecule has 0 radical (unpaired) electrons. The highest BCUT2D eigenvalue weighted by Crippen LogP contribution is 2.24. The van der Waals surface area contributed by atoms with E-state index in [1.54, 1.807) is 18.0 Å². The number of pyridine rings is 1. The van der Waals surface area contributed by atoms with Gasteiger partial charge in [-0.2, -0.15) is 5.26 Å². The van der Waals surface area contributed by atoms with Gasteiger partial charge in [-0.1, -0.05) is 6.08 Å². The van der Waals surface area contributed by atoms with Gasteiger partial charge in [0.1, 0.15) is 5.03 Å². The maximum absolute atomic E-state index is 8.25. The van der Waals surface area contributed by atoms with E-state index in [9.17, 15) is 0 Å². The number of hydrogen-bond acceptors (Lipinski definition) is 3. The highest BCUT2D eigenvalue weighted by Gasteiger charge is 1.97. The molecular formula is C9H7BrN2S. The normalized spacial score (nSPS) is 10.2. The summed E-state index contributed by atoms with van der Waals surface area (Å²) in [5.41, 5.74) is 0. The molecule has 0 aliphatic rings. The molecule has 2 nitrogen and oxygen atoms in total.